The summed E-state index contributed by atoms with van der Waals surface area (Å²) in [5.74, 6) is -0.730. The largest absolute Gasteiger partial charge is 0.464 e. The smallest absolute Gasteiger partial charge is 0.359 e. The molecule has 2 rings (SSSR count). The molecule has 2 heterocycles. The summed E-state index contributed by atoms with van der Waals surface area (Å²) in [5.41, 5.74) is -0.135. The Hall–Kier alpha value is -0.740. The molecular formula is C11H18ClN3O4S2. The van der Waals surface area contributed by atoms with Crippen LogP contribution in [0.25, 0.3) is 0 Å². The Kier molecular flexibility index (Phi) is 6.54. The molecule has 21 heavy (non-hydrogen) atoms. The fourth-order valence-electron chi connectivity index (χ4n) is 2.18. The van der Waals surface area contributed by atoms with Crippen LogP contribution in [-0.2, 0) is 14.8 Å². The zero-order valence-electron chi connectivity index (χ0n) is 11.7. The Morgan fingerprint density at radius 2 is 2.29 bits per heavy atom. The number of hydrogen-bond donors (Lipinski definition) is 1. The molecule has 0 radical (unpaired) electrons. The zero-order chi connectivity index (χ0) is 14.8. The number of likely N-dealkylation sites (N-methyl/N-ethyl adjacent to an activating group) is 1. The first-order chi connectivity index (χ1) is 9.50. The highest BCUT2D eigenvalue weighted by molar-refractivity contribution is 7.89. The summed E-state index contributed by atoms with van der Waals surface area (Å²) < 4.78 is 35.0. The van der Waals surface area contributed by atoms with E-state index in [9.17, 15) is 13.2 Å². The molecule has 120 valence electrons. The van der Waals surface area contributed by atoms with Crippen LogP contribution in [0.3, 0.4) is 0 Å². The van der Waals surface area contributed by atoms with Crippen LogP contribution < -0.4 is 5.32 Å². The summed E-state index contributed by atoms with van der Waals surface area (Å²) >= 11 is 0.935. The van der Waals surface area contributed by atoms with Gasteiger partial charge in [0, 0.05) is 24.5 Å². The average molecular weight is 356 g/mol. The van der Waals surface area contributed by atoms with Crippen LogP contribution in [0.15, 0.2) is 10.3 Å². The van der Waals surface area contributed by atoms with Gasteiger partial charge in [-0.15, -0.1) is 12.4 Å². The van der Waals surface area contributed by atoms with E-state index in [4.69, 9.17) is 0 Å². The van der Waals surface area contributed by atoms with Crippen molar-refractivity contribution in [2.75, 3.05) is 27.2 Å². The van der Waals surface area contributed by atoms with Gasteiger partial charge in [-0.05, 0) is 31.4 Å². The van der Waals surface area contributed by atoms with Crippen molar-refractivity contribution < 1.29 is 17.9 Å². The lowest BCUT2D eigenvalue weighted by molar-refractivity contribution is 0.0590. The van der Waals surface area contributed by atoms with E-state index in [2.05, 4.69) is 14.4 Å². The summed E-state index contributed by atoms with van der Waals surface area (Å²) in [7, 11) is -0.690. The van der Waals surface area contributed by atoms with E-state index >= 15 is 0 Å². The second kappa shape index (κ2) is 7.50. The molecule has 1 unspecified atom stereocenters. The molecule has 1 aliphatic heterocycles. The summed E-state index contributed by atoms with van der Waals surface area (Å²) in [6, 6.07) is 0.131. The number of aromatic nitrogens is 1. The maximum Gasteiger partial charge on any atom is 0.359 e. The predicted molar refractivity (Wildman–Crippen MR) is 81.5 cm³/mol. The van der Waals surface area contributed by atoms with Crippen LogP contribution in [0.2, 0.25) is 0 Å². The van der Waals surface area contributed by atoms with Crippen LogP contribution in [0, 0.1) is 0 Å². The monoisotopic (exact) mass is 355 g/mol. The van der Waals surface area contributed by atoms with Gasteiger partial charge in [0.2, 0.25) is 10.0 Å². The second-order valence-electron chi connectivity index (χ2n) is 4.51. The number of halogens is 1. The molecule has 0 aliphatic carbocycles. The summed E-state index contributed by atoms with van der Waals surface area (Å²) in [6.45, 7) is 0.853. The number of piperidine rings is 1. The van der Waals surface area contributed by atoms with Gasteiger partial charge in [0.15, 0.2) is 5.69 Å². The van der Waals surface area contributed by atoms with Crippen molar-refractivity contribution in [2.24, 2.45) is 0 Å². The van der Waals surface area contributed by atoms with Crippen molar-refractivity contribution >= 4 is 39.9 Å². The minimum atomic E-state index is -3.71. The Morgan fingerprint density at radius 1 is 1.57 bits per heavy atom. The molecule has 0 bridgehead atoms. The normalized spacial score (nSPS) is 19.8. The summed E-state index contributed by atoms with van der Waals surface area (Å²) in [6.07, 6.45) is 1.73. The Balaban J connectivity index is 0.00000220. The van der Waals surface area contributed by atoms with Gasteiger partial charge in [0.25, 0.3) is 0 Å². The number of nitrogens with one attached hydrogen (secondary N) is 1. The second-order valence-corrected chi connectivity index (χ2v) is 7.05. The molecule has 1 saturated heterocycles. The highest BCUT2D eigenvalue weighted by Gasteiger charge is 2.34. The highest BCUT2D eigenvalue weighted by atomic mass is 35.5. The average Bonchev–Trinajstić information content (AvgIpc) is 2.96. The highest BCUT2D eigenvalue weighted by Crippen LogP contribution is 2.25. The van der Waals surface area contributed by atoms with Crippen molar-refractivity contribution in [3.63, 3.8) is 0 Å². The number of hydrogen-bond acceptors (Lipinski definition) is 7. The van der Waals surface area contributed by atoms with Crippen molar-refractivity contribution in [3.05, 3.63) is 11.1 Å². The van der Waals surface area contributed by atoms with E-state index in [0.717, 1.165) is 24.4 Å². The minimum absolute atomic E-state index is 0. The maximum atomic E-state index is 12.6. The Bertz CT molecular complexity index is 590. The van der Waals surface area contributed by atoms with E-state index in [1.165, 1.54) is 16.8 Å². The molecule has 1 atom stereocenters. The molecule has 10 heteroatoms. The van der Waals surface area contributed by atoms with Crippen molar-refractivity contribution in [3.8, 4) is 0 Å². The Morgan fingerprint density at radius 3 is 2.90 bits per heavy atom. The lowest BCUT2D eigenvalue weighted by Crippen LogP contribution is -2.47. The number of carbonyl (C=O) groups is 1. The Labute approximate surface area is 134 Å². The number of rotatable bonds is 4. The third-order valence-electron chi connectivity index (χ3n) is 3.33. The van der Waals surface area contributed by atoms with Crippen LogP contribution in [0.5, 0.6) is 0 Å². The van der Waals surface area contributed by atoms with Gasteiger partial charge in [-0.1, -0.05) is 0 Å². The first-order valence-electron chi connectivity index (χ1n) is 6.20. The van der Waals surface area contributed by atoms with E-state index in [1.807, 2.05) is 7.05 Å². The van der Waals surface area contributed by atoms with E-state index in [1.54, 1.807) is 0 Å². The first-order valence-corrected chi connectivity index (χ1v) is 8.48. The lowest BCUT2D eigenvalue weighted by atomic mass is 10.1. The molecule has 0 spiro atoms. The molecule has 1 aromatic rings. The SMILES string of the molecule is CNC1CCCN(S(=O)(=O)c2csnc2C(=O)OC)C1.Cl. The lowest BCUT2D eigenvalue weighted by Gasteiger charge is -2.31. The topological polar surface area (TPSA) is 88.6 Å². The maximum absolute atomic E-state index is 12.6. The number of sulfonamides is 1. The fourth-order valence-corrected chi connectivity index (χ4v) is 4.79. The molecule has 0 aromatic carbocycles. The number of carbonyl (C=O) groups excluding carboxylic acids is 1. The van der Waals surface area contributed by atoms with E-state index in [-0.39, 0.29) is 29.0 Å². The van der Waals surface area contributed by atoms with Gasteiger partial charge in [0.05, 0.1) is 7.11 Å². The van der Waals surface area contributed by atoms with Gasteiger partial charge in [-0.25, -0.2) is 13.2 Å². The number of esters is 1. The van der Waals surface area contributed by atoms with E-state index in [0.29, 0.717) is 13.1 Å². The molecule has 1 aromatic heterocycles. The molecule has 1 N–H and O–H groups in total. The van der Waals surface area contributed by atoms with Gasteiger partial charge in [-0.3, -0.25) is 0 Å². The number of ether oxygens (including phenoxy) is 1. The summed E-state index contributed by atoms with van der Waals surface area (Å²) in [5, 5.41) is 4.47. The summed E-state index contributed by atoms with van der Waals surface area (Å²) in [4.78, 5) is 11.5. The number of methoxy groups -OCH3 is 1. The van der Waals surface area contributed by atoms with Crippen LogP contribution in [-0.4, -0.2) is 56.4 Å². The molecule has 1 aliphatic rings. The van der Waals surface area contributed by atoms with Crippen molar-refractivity contribution in [2.45, 2.75) is 23.8 Å². The van der Waals surface area contributed by atoms with E-state index < -0.39 is 16.0 Å². The molecule has 0 saturated carbocycles. The fraction of sp³-hybridized carbons (Fsp3) is 0.636. The molecule has 7 nitrogen and oxygen atoms in total. The van der Waals surface area contributed by atoms with Gasteiger partial charge in [0.1, 0.15) is 4.90 Å². The van der Waals surface area contributed by atoms with Crippen molar-refractivity contribution in [1.82, 2.24) is 14.0 Å². The van der Waals surface area contributed by atoms with Gasteiger partial charge in [-0.2, -0.15) is 8.68 Å². The molecular weight excluding hydrogens is 338 g/mol. The van der Waals surface area contributed by atoms with Crippen LogP contribution in [0.1, 0.15) is 23.3 Å². The standard InChI is InChI=1S/C11H17N3O4S2.ClH/c1-12-8-4-3-5-14(6-8)20(16,17)9-7-19-13-10(9)11(15)18-2;/h7-8,12H,3-6H2,1-2H3;1H. The molecule has 0 amide bonds. The van der Waals surface area contributed by atoms with Crippen LogP contribution in [0.4, 0.5) is 0 Å². The number of nitrogens with zero attached hydrogens (tertiary/aromatic N) is 2. The van der Waals surface area contributed by atoms with Gasteiger partial charge < -0.3 is 10.1 Å². The third-order valence-corrected chi connectivity index (χ3v) is 5.98. The zero-order valence-corrected chi connectivity index (χ0v) is 14.2. The van der Waals surface area contributed by atoms with Crippen LogP contribution >= 0.6 is 23.9 Å². The van der Waals surface area contributed by atoms with Gasteiger partial charge >= 0.3 is 5.97 Å². The first kappa shape index (κ1) is 18.3. The predicted octanol–water partition coefficient (Wildman–Crippen LogP) is 0.724. The molecule has 1 fully saturated rings. The van der Waals surface area contributed by atoms with Crippen molar-refractivity contribution in [1.29, 1.82) is 0 Å². The third kappa shape index (κ3) is 3.72. The quantitative estimate of drug-likeness (QED) is 0.801. The minimum Gasteiger partial charge on any atom is -0.464 e.